The maximum absolute atomic E-state index is 5.57. The van der Waals surface area contributed by atoms with Gasteiger partial charge in [0.25, 0.3) is 0 Å². The average molecular weight is 223 g/mol. The lowest BCUT2D eigenvalue weighted by atomic mass is 9.81. The summed E-state index contributed by atoms with van der Waals surface area (Å²) >= 11 is 0. The second-order valence-corrected chi connectivity index (χ2v) is 4.79. The van der Waals surface area contributed by atoms with Crippen LogP contribution in [0.5, 0.6) is 0 Å². The number of furan rings is 1. The molecule has 1 atom stereocenters. The van der Waals surface area contributed by atoms with Crippen LogP contribution in [0.15, 0.2) is 23.0 Å². The summed E-state index contributed by atoms with van der Waals surface area (Å²) in [5, 5.41) is 3.52. The highest BCUT2D eigenvalue weighted by molar-refractivity contribution is 5.10. The van der Waals surface area contributed by atoms with Crippen LogP contribution < -0.4 is 5.32 Å². The zero-order chi connectivity index (χ0) is 11.3. The van der Waals surface area contributed by atoms with Crippen molar-refractivity contribution in [3.63, 3.8) is 0 Å². The van der Waals surface area contributed by atoms with Crippen molar-refractivity contribution in [2.45, 2.75) is 26.2 Å². The third-order valence-electron chi connectivity index (χ3n) is 3.27. The van der Waals surface area contributed by atoms with Gasteiger partial charge in [-0.05, 0) is 37.4 Å². The molecule has 1 unspecified atom stereocenters. The molecule has 1 aromatic rings. The Kier molecular flexibility index (Phi) is 4.02. The lowest BCUT2D eigenvalue weighted by molar-refractivity contribution is 0.149. The van der Waals surface area contributed by atoms with E-state index in [1.54, 1.807) is 6.26 Å². The first-order chi connectivity index (χ1) is 7.85. The van der Waals surface area contributed by atoms with Crippen molar-refractivity contribution in [3.8, 4) is 0 Å². The minimum Gasteiger partial charge on any atom is -0.472 e. The fourth-order valence-corrected chi connectivity index (χ4v) is 2.35. The van der Waals surface area contributed by atoms with Crippen LogP contribution in [-0.2, 0) is 11.2 Å². The fraction of sp³-hybridized carbons (Fsp3) is 0.692. The maximum Gasteiger partial charge on any atom is 0.0934 e. The van der Waals surface area contributed by atoms with Gasteiger partial charge in [-0.15, -0.1) is 0 Å². The molecule has 0 radical (unpaired) electrons. The monoisotopic (exact) mass is 223 g/mol. The molecule has 0 amide bonds. The molecule has 16 heavy (non-hydrogen) atoms. The van der Waals surface area contributed by atoms with Gasteiger partial charge in [0, 0.05) is 18.6 Å². The summed E-state index contributed by atoms with van der Waals surface area (Å²) in [4.78, 5) is 0. The summed E-state index contributed by atoms with van der Waals surface area (Å²) in [7, 11) is 0. The Labute approximate surface area is 97.2 Å². The van der Waals surface area contributed by atoms with Crippen LogP contribution in [0, 0.1) is 5.41 Å². The highest BCUT2D eigenvalue weighted by atomic mass is 16.5. The van der Waals surface area contributed by atoms with Crippen molar-refractivity contribution in [2.75, 3.05) is 26.3 Å². The van der Waals surface area contributed by atoms with E-state index < -0.39 is 0 Å². The maximum atomic E-state index is 5.57. The Morgan fingerprint density at radius 2 is 2.44 bits per heavy atom. The van der Waals surface area contributed by atoms with Crippen molar-refractivity contribution in [1.82, 2.24) is 5.32 Å². The van der Waals surface area contributed by atoms with Gasteiger partial charge in [0.15, 0.2) is 0 Å². The summed E-state index contributed by atoms with van der Waals surface area (Å²) in [6.07, 6.45) is 6.98. The summed E-state index contributed by atoms with van der Waals surface area (Å²) in [5.41, 5.74) is 1.56. The number of hydrogen-bond donors (Lipinski definition) is 1. The van der Waals surface area contributed by atoms with E-state index in [-0.39, 0.29) is 5.41 Å². The van der Waals surface area contributed by atoms with Crippen LogP contribution in [0.25, 0.3) is 0 Å². The largest absolute Gasteiger partial charge is 0.472 e. The van der Waals surface area contributed by atoms with Crippen LogP contribution in [-0.4, -0.2) is 26.3 Å². The van der Waals surface area contributed by atoms with Crippen molar-refractivity contribution in [2.24, 2.45) is 5.41 Å². The first-order valence-corrected chi connectivity index (χ1v) is 6.14. The Morgan fingerprint density at radius 1 is 1.50 bits per heavy atom. The van der Waals surface area contributed by atoms with E-state index in [0.717, 1.165) is 39.1 Å². The smallest absolute Gasteiger partial charge is 0.0934 e. The Morgan fingerprint density at radius 3 is 3.06 bits per heavy atom. The molecule has 3 nitrogen and oxygen atoms in total. The molecule has 1 aliphatic rings. The molecule has 1 fully saturated rings. The summed E-state index contributed by atoms with van der Waals surface area (Å²) in [6.45, 7) is 6.10. The van der Waals surface area contributed by atoms with Gasteiger partial charge in [0.2, 0.25) is 0 Å². The zero-order valence-electron chi connectivity index (χ0n) is 10.00. The molecule has 0 aliphatic carbocycles. The van der Waals surface area contributed by atoms with E-state index >= 15 is 0 Å². The number of hydrogen-bond acceptors (Lipinski definition) is 3. The molecule has 1 saturated heterocycles. The third-order valence-corrected chi connectivity index (χ3v) is 3.27. The topological polar surface area (TPSA) is 34.4 Å². The molecule has 0 spiro atoms. The van der Waals surface area contributed by atoms with Gasteiger partial charge in [-0.25, -0.2) is 0 Å². The fourth-order valence-electron chi connectivity index (χ4n) is 2.35. The second kappa shape index (κ2) is 5.51. The van der Waals surface area contributed by atoms with Gasteiger partial charge in [0.1, 0.15) is 0 Å². The van der Waals surface area contributed by atoms with Crippen LogP contribution >= 0.6 is 0 Å². The van der Waals surface area contributed by atoms with Crippen molar-refractivity contribution in [1.29, 1.82) is 0 Å². The molecule has 2 rings (SSSR count). The van der Waals surface area contributed by atoms with Crippen LogP contribution in [0.2, 0.25) is 0 Å². The molecular weight excluding hydrogens is 202 g/mol. The molecule has 0 aromatic carbocycles. The van der Waals surface area contributed by atoms with E-state index in [2.05, 4.69) is 18.3 Å². The predicted molar refractivity (Wildman–Crippen MR) is 63.4 cm³/mol. The Bertz CT molecular complexity index is 289. The molecular formula is C13H21NO2. The molecule has 3 heteroatoms. The minimum atomic E-state index is 0.277. The molecule has 0 saturated carbocycles. The summed E-state index contributed by atoms with van der Waals surface area (Å²) in [5.74, 6) is 0. The number of ether oxygens (including phenoxy) is 1. The first-order valence-electron chi connectivity index (χ1n) is 6.14. The summed E-state index contributed by atoms with van der Waals surface area (Å²) in [6, 6.07) is 2.06. The van der Waals surface area contributed by atoms with Crippen LogP contribution in [0.3, 0.4) is 0 Å². The van der Waals surface area contributed by atoms with Gasteiger partial charge in [-0.1, -0.05) is 6.92 Å². The van der Waals surface area contributed by atoms with Gasteiger partial charge < -0.3 is 14.5 Å². The van der Waals surface area contributed by atoms with Gasteiger partial charge in [-0.2, -0.15) is 0 Å². The molecule has 1 aliphatic heterocycles. The molecule has 0 bridgehead atoms. The third kappa shape index (κ3) is 2.86. The lowest BCUT2D eigenvalue weighted by Crippen LogP contribution is -2.37. The average Bonchev–Trinajstić information content (AvgIpc) is 2.91. The lowest BCUT2D eigenvalue weighted by Gasteiger charge is -2.27. The SMILES string of the molecule is CCCNCC1(Cc2ccoc2)CCOC1. The van der Waals surface area contributed by atoms with Crippen molar-refractivity contribution < 1.29 is 9.15 Å². The van der Waals surface area contributed by atoms with E-state index in [1.165, 1.54) is 12.0 Å². The first kappa shape index (κ1) is 11.7. The van der Waals surface area contributed by atoms with Gasteiger partial charge >= 0.3 is 0 Å². The van der Waals surface area contributed by atoms with E-state index in [9.17, 15) is 0 Å². The van der Waals surface area contributed by atoms with Crippen LogP contribution in [0.4, 0.5) is 0 Å². The molecule has 1 N–H and O–H groups in total. The van der Waals surface area contributed by atoms with E-state index in [1.807, 2.05) is 6.26 Å². The van der Waals surface area contributed by atoms with E-state index in [4.69, 9.17) is 9.15 Å². The van der Waals surface area contributed by atoms with Crippen molar-refractivity contribution >= 4 is 0 Å². The minimum absolute atomic E-state index is 0.277. The Balaban J connectivity index is 1.92. The quantitative estimate of drug-likeness (QED) is 0.751. The predicted octanol–water partition coefficient (Wildman–Crippen LogP) is 2.23. The molecule has 1 aromatic heterocycles. The highest BCUT2D eigenvalue weighted by Gasteiger charge is 2.34. The van der Waals surface area contributed by atoms with Crippen molar-refractivity contribution in [3.05, 3.63) is 24.2 Å². The molecule has 2 heterocycles. The second-order valence-electron chi connectivity index (χ2n) is 4.79. The van der Waals surface area contributed by atoms with E-state index in [0.29, 0.717) is 0 Å². The number of nitrogens with one attached hydrogen (secondary N) is 1. The zero-order valence-corrected chi connectivity index (χ0v) is 10.00. The highest BCUT2D eigenvalue weighted by Crippen LogP contribution is 2.32. The molecule has 90 valence electrons. The number of rotatable bonds is 6. The summed E-state index contributed by atoms with van der Waals surface area (Å²) < 4.78 is 10.7. The normalized spacial score (nSPS) is 25.1. The van der Waals surface area contributed by atoms with Gasteiger partial charge in [0.05, 0.1) is 19.1 Å². The van der Waals surface area contributed by atoms with Gasteiger partial charge in [-0.3, -0.25) is 0 Å². The Hall–Kier alpha value is -0.800. The standard InChI is InChI=1S/C13H21NO2/c1-2-5-14-10-13(4-7-16-11-13)8-12-3-6-15-9-12/h3,6,9,14H,2,4-5,7-8,10-11H2,1H3. The van der Waals surface area contributed by atoms with Crippen LogP contribution in [0.1, 0.15) is 25.3 Å².